The number of nitrogens with one attached hydrogen (secondary N) is 1. The van der Waals surface area contributed by atoms with Gasteiger partial charge in [0.25, 0.3) is 0 Å². The molecule has 5 rings (SSSR count). The first-order chi connectivity index (χ1) is 15.0. The maximum atomic E-state index is 13.5. The molecule has 4 unspecified atom stereocenters. The van der Waals surface area contributed by atoms with Crippen molar-refractivity contribution in [3.05, 3.63) is 35.5 Å². The number of H-pyrrole nitrogens is 1. The Morgan fingerprint density at radius 3 is 2.74 bits per heavy atom. The van der Waals surface area contributed by atoms with Crippen molar-refractivity contribution >= 4 is 22.8 Å². The number of carboxylic acid groups (broad SMARTS) is 1. The van der Waals surface area contributed by atoms with Crippen LogP contribution in [0.4, 0.5) is 0 Å². The van der Waals surface area contributed by atoms with Crippen molar-refractivity contribution in [3.63, 3.8) is 0 Å². The summed E-state index contributed by atoms with van der Waals surface area (Å²) in [5.74, 6) is 0.966. The van der Waals surface area contributed by atoms with Crippen LogP contribution in [0, 0.1) is 11.8 Å². The summed E-state index contributed by atoms with van der Waals surface area (Å²) in [6.45, 7) is 2.89. The minimum atomic E-state index is -0.700. The minimum Gasteiger partial charge on any atom is -0.481 e. The average molecular weight is 423 g/mol. The highest BCUT2D eigenvalue weighted by molar-refractivity contribution is 5.89. The molecule has 1 aromatic carbocycles. The van der Waals surface area contributed by atoms with E-state index in [1.165, 1.54) is 34.9 Å². The largest absolute Gasteiger partial charge is 0.481 e. The van der Waals surface area contributed by atoms with Crippen LogP contribution in [0.25, 0.3) is 10.9 Å². The molecule has 1 saturated heterocycles. The Hall–Kier alpha value is -2.30. The van der Waals surface area contributed by atoms with Crippen LogP contribution < -0.4 is 0 Å². The molecular weight excluding hydrogens is 388 g/mol. The van der Waals surface area contributed by atoms with Crippen molar-refractivity contribution in [2.75, 3.05) is 6.54 Å². The number of rotatable bonds is 6. The summed E-state index contributed by atoms with van der Waals surface area (Å²) >= 11 is 0. The third-order valence-electron chi connectivity index (χ3n) is 8.08. The van der Waals surface area contributed by atoms with E-state index in [9.17, 15) is 14.7 Å². The van der Waals surface area contributed by atoms with Crippen molar-refractivity contribution in [2.45, 2.75) is 82.6 Å². The van der Waals surface area contributed by atoms with Crippen LogP contribution in [-0.4, -0.2) is 39.5 Å². The Kier molecular flexibility index (Phi) is 5.53. The maximum Gasteiger partial charge on any atom is 0.303 e. The predicted octanol–water partition coefficient (Wildman–Crippen LogP) is 5.42. The summed E-state index contributed by atoms with van der Waals surface area (Å²) in [6.07, 6.45) is 10.6. The van der Waals surface area contributed by atoms with Gasteiger partial charge >= 0.3 is 5.97 Å². The highest BCUT2D eigenvalue weighted by Crippen LogP contribution is 2.45. The lowest BCUT2D eigenvalue weighted by Gasteiger charge is -2.48. The molecule has 1 aliphatic heterocycles. The van der Waals surface area contributed by atoms with E-state index in [0.717, 1.165) is 32.1 Å². The van der Waals surface area contributed by atoms with Crippen LogP contribution >= 0.6 is 0 Å². The van der Waals surface area contributed by atoms with E-state index in [1.807, 2.05) is 0 Å². The van der Waals surface area contributed by atoms with Crippen LogP contribution in [0.1, 0.15) is 87.7 Å². The lowest BCUT2D eigenvalue weighted by atomic mass is 9.70. The van der Waals surface area contributed by atoms with E-state index in [4.69, 9.17) is 0 Å². The molecule has 3 fully saturated rings. The number of aromatic amines is 1. The van der Waals surface area contributed by atoms with Crippen molar-refractivity contribution in [3.8, 4) is 0 Å². The first-order valence-corrected chi connectivity index (χ1v) is 12.1. The summed E-state index contributed by atoms with van der Waals surface area (Å²) in [6, 6.07) is 6.76. The van der Waals surface area contributed by atoms with Crippen molar-refractivity contribution < 1.29 is 14.7 Å². The highest BCUT2D eigenvalue weighted by atomic mass is 16.4. The van der Waals surface area contributed by atoms with Gasteiger partial charge < -0.3 is 15.0 Å². The molecule has 1 aromatic heterocycles. The van der Waals surface area contributed by atoms with Crippen LogP contribution in [0.3, 0.4) is 0 Å². The number of amides is 1. The number of hydrogen-bond acceptors (Lipinski definition) is 2. The number of hydrogen-bond donors (Lipinski definition) is 2. The molecule has 31 heavy (non-hydrogen) atoms. The number of aromatic nitrogens is 1. The number of piperidine rings is 1. The molecule has 2 saturated carbocycles. The van der Waals surface area contributed by atoms with Gasteiger partial charge in [0.15, 0.2) is 0 Å². The van der Waals surface area contributed by atoms with Crippen molar-refractivity contribution in [1.29, 1.82) is 0 Å². The third-order valence-corrected chi connectivity index (χ3v) is 8.08. The third kappa shape index (κ3) is 3.99. The van der Waals surface area contributed by atoms with Gasteiger partial charge in [-0.3, -0.25) is 9.59 Å². The monoisotopic (exact) mass is 422 g/mol. The van der Waals surface area contributed by atoms with Gasteiger partial charge in [-0.2, -0.15) is 0 Å². The highest BCUT2D eigenvalue weighted by Gasteiger charge is 2.42. The molecule has 4 atom stereocenters. The molecule has 0 bridgehead atoms. The van der Waals surface area contributed by atoms with Gasteiger partial charge in [-0.15, -0.1) is 0 Å². The lowest BCUT2D eigenvalue weighted by molar-refractivity contribution is -0.143. The van der Waals surface area contributed by atoms with E-state index in [2.05, 4.69) is 41.2 Å². The number of benzene rings is 1. The second-order valence-corrected chi connectivity index (χ2v) is 10.1. The molecule has 5 nitrogen and oxygen atoms in total. The minimum absolute atomic E-state index is 0.167. The molecular formula is C26H34N2O3. The van der Waals surface area contributed by atoms with Crippen LogP contribution in [0.15, 0.2) is 24.4 Å². The fourth-order valence-corrected chi connectivity index (χ4v) is 6.40. The molecule has 2 aliphatic carbocycles. The van der Waals surface area contributed by atoms with Gasteiger partial charge in [-0.1, -0.05) is 31.9 Å². The summed E-state index contributed by atoms with van der Waals surface area (Å²) in [5.41, 5.74) is 3.89. The SMILES string of the molecule is CC(CC(=O)N1CCC(CC(=O)O)C2CCCCC21)c1c[nH]c2cccc(C3CC3)c12. The smallest absolute Gasteiger partial charge is 0.303 e. The predicted molar refractivity (Wildman–Crippen MR) is 121 cm³/mol. The topological polar surface area (TPSA) is 73.4 Å². The second-order valence-electron chi connectivity index (χ2n) is 10.1. The lowest BCUT2D eigenvalue weighted by Crippen LogP contribution is -2.53. The Labute approximate surface area is 184 Å². The Morgan fingerprint density at radius 2 is 1.97 bits per heavy atom. The molecule has 1 amide bonds. The molecule has 5 heteroatoms. The van der Waals surface area contributed by atoms with E-state index in [1.54, 1.807) is 0 Å². The maximum absolute atomic E-state index is 13.5. The van der Waals surface area contributed by atoms with Gasteiger partial charge in [-0.05, 0) is 73.0 Å². The molecule has 3 aliphatic rings. The standard InChI is InChI=1S/C26H34N2O3/c1-16(21-15-27-22-7-4-6-20(26(21)22)17-9-10-17)13-24(29)28-12-11-18(14-25(30)31)19-5-2-3-8-23(19)28/h4,6-7,15-19,23,27H,2-3,5,8-14H2,1H3,(H,30,31). The zero-order chi connectivity index (χ0) is 21.5. The first-order valence-electron chi connectivity index (χ1n) is 12.1. The summed E-state index contributed by atoms with van der Waals surface area (Å²) < 4.78 is 0. The van der Waals surface area contributed by atoms with Crippen molar-refractivity contribution in [1.82, 2.24) is 9.88 Å². The fourth-order valence-electron chi connectivity index (χ4n) is 6.40. The van der Waals surface area contributed by atoms with E-state index >= 15 is 0 Å². The van der Waals surface area contributed by atoms with E-state index in [-0.39, 0.29) is 30.2 Å². The molecule has 0 radical (unpaired) electrons. The number of aliphatic carboxylic acids is 1. The molecule has 2 heterocycles. The fraction of sp³-hybridized carbons (Fsp3) is 0.615. The Morgan fingerprint density at radius 1 is 1.16 bits per heavy atom. The van der Waals surface area contributed by atoms with Crippen molar-refractivity contribution in [2.24, 2.45) is 11.8 Å². The Bertz CT molecular complexity index is 976. The number of likely N-dealkylation sites (tertiary alicyclic amines) is 1. The number of carbonyl (C=O) groups excluding carboxylic acids is 1. The van der Waals surface area contributed by atoms with Gasteiger partial charge in [-0.25, -0.2) is 0 Å². The quantitative estimate of drug-likeness (QED) is 0.653. The number of carbonyl (C=O) groups is 2. The van der Waals surface area contributed by atoms with E-state index < -0.39 is 5.97 Å². The summed E-state index contributed by atoms with van der Waals surface area (Å²) in [4.78, 5) is 30.3. The van der Waals surface area contributed by atoms with Gasteiger partial charge in [0.1, 0.15) is 0 Å². The number of fused-ring (bicyclic) bond motifs is 2. The Balaban J connectivity index is 1.33. The second kappa shape index (κ2) is 8.33. The number of carboxylic acids is 1. The molecule has 166 valence electrons. The zero-order valence-electron chi connectivity index (χ0n) is 18.5. The average Bonchev–Trinajstić information content (AvgIpc) is 3.51. The van der Waals surface area contributed by atoms with Gasteiger partial charge in [0.05, 0.1) is 0 Å². The normalized spacial score (nSPS) is 27.1. The van der Waals surface area contributed by atoms with Crippen LogP contribution in [0.5, 0.6) is 0 Å². The van der Waals surface area contributed by atoms with Crippen LogP contribution in [0.2, 0.25) is 0 Å². The molecule has 2 N–H and O–H groups in total. The van der Waals surface area contributed by atoms with Crippen LogP contribution in [-0.2, 0) is 9.59 Å². The van der Waals surface area contributed by atoms with Gasteiger partial charge in [0, 0.05) is 42.5 Å². The first kappa shape index (κ1) is 20.6. The molecule has 2 aromatic rings. The zero-order valence-corrected chi connectivity index (χ0v) is 18.5. The number of nitrogens with zero attached hydrogens (tertiary/aromatic N) is 1. The summed E-state index contributed by atoms with van der Waals surface area (Å²) in [7, 11) is 0. The molecule has 0 spiro atoms. The van der Waals surface area contributed by atoms with Gasteiger partial charge in [0.2, 0.25) is 5.91 Å². The summed E-state index contributed by atoms with van der Waals surface area (Å²) in [5, 5.41) is 10.7. The van der Waals surface area contributed by atoms with E-state index in [0.29, 0.717) is 24.8 Å².